The molecule has 0 amide bonds. The van der Waals surface area contributed by atoms with Gasteiger partial charge in [0.25, 0.3) is 0 Å². The minimum Gasteiger partial charge on any atom is -0.505 e. The van der Waals surface area contributed by atoms with Gasteiger partial charge in [-0.25, -0.2) is 0 Å². The highest BCUT2D eigenvalue weighted by atomic mass is 79.9. The van der Waals surface area contributed by atoms with E-state index in [1.54, 1.807) is 12.1 Å². The maximum atomic E-state index is 9.15. The Labute approximate surface area is 83.1 Å². The molecule has 60 valence electrons. The molecule has 0 aliphatic rings. The fourth-order valence-electron chi connectivity index (χ4n) is 0.695. The Balaban J connectivity index is 3.21. The summed E-state index contributed by atoms with van der Waals surface area (Å²) in [7, 11) is 0. The predicted octanol–water partition coefficient (Wildman–Crippen LogP) is 3.59. The molecule has 11 heavy (non-hydrogen) atoms. The number of rotatable bonds is 1. The number of hydrogen-bond acceptors (Lipinski definition) is 1. The van der Waals surface area contributed by atoms with Crippen LogP contribution in [0.3, 0.4) is 0 Å². The zero-order valence-electron chi connectivity index (χ0n) is 5.44. The number of aromatic hydroxyl groups is 1. The zero-order chi connectivity index (χ0) is 8.43. The van der Waals surface area contributed by atoms with Crippen LogP contribution in [0.2, 0.25) is 10.0 Å². The van der Waals surface area contributed by atoms with E-state index in [1.165, 1.54) is 0 Å². The van der Waals surface area contributed by atoms with E-state index in [9.17, 15) is 0 Å². The van der Waals surface area contributed by atoms with Crippen molar-refractivity contribution in [3.8, 4) is 5.75 Å². The molecule has 4 heteroatoms. The lowest BCUT2D eigenvalue weighted by atomic mass is 10.2. The molecule has 1 nitrogen and oxygen atoms in total. The molecular formula is C7H5BrCl2O. The summed E-state index contributed by atoms with van der Waals surface area (Å²) in [6, 6.07) is 3.33. The lowest BCUT2D eigenvalue weighted by Crippen LogP contribution is -1.78. The van der Waals surface area contributed by atoms with Crippen molar-refractivity contribution in [2.24, 2.45) is 0 Å². The van der Waals surface area contributed by atoms with Gasteiger partial charge in [-0.2, -0.15) is 0 Å². The van der Waals surface area contributed by atoms with Crippen molar-refractivity contribution in [3.05, 3.63) is 27.7 Å². The van der Waals surface area contributed by atoms with Gasteiger partial charge in [0.1, 0.15) is 0 Å². The minimum absolute atomic E-state index is 0.0574. The topological polar surface area (TPSA) is 20.2 Å². The van der Waals surface area contributed by atoms with Crippen LogP contribution in [0.25, 0.3) is 0 Å². The summed E-state index contributed by atoms with van der Waals surface area (Å²) in [5, 5.41) is 10.4. The fourth-order valence-corrected chi connectivity index (χ4v) is 1.55. The van der Waals surface area contributed by atoms with Crippen LogP contribution in [0, 0.1) is 0 Å². The van der Waals surface area contributed by atoms with Crippen molar-refractivity contribution in [2.75, 3.05) is 0 Å². The standard InChI is InChI=1S/C7H5BrCl2O/c8-3-4-1-5(9)7(11)6(10)2-4/h1-2,11H,3H2. The smallest absolute Gasteiger partial charge is 0.152 e. The second-order valence-corrected chi connectivity index (χ2v) is 3.42. The largest absolute Gasteiger partial charge is 0.505 e. The average molecular weight is 256 g/mol. The van der Waals surface area contributed by atoms with Crippen LogP contribution >= 0.6 is 39.1 Å². The molecule has 0 fully saturated rings. The molecular weight excluding hydrogens is 251 g/mol. The first-order chi connectivity index (χ1) is 5.15. The monoisotopic (exact) mass is 254 g/mol. The molecule has 0 saturated carbocycles. The molecule has 0 atom stereocenters. The van der Waals surface area contributed by atoms with Gasteiger partial charge in [0.05, 0.1) is 10.0 Å². The number of benzene rings is 1. The van der Waals surface area contributed by atoms with E-state index in [1.807, 2.05) is 0 Å². The van der Waals surface area contributed by atoms with Crippen LogP contribution in [-0.2, 0) is 5.33 Å². The first-order valence-electron chi connectivity index (χ1n) is 2.88. The van der Waals surface area contributed by atoms with Crippen molar-refractivity contribution in [1.82, 2.24) is 0 Å². The summed E-state index contributed by atoms with van der Waals surface area (Å²) in [5.74, 6) is -0.0574. The average Bonchev–Trinajstić information content (AvgIpc) is 1.99. The van der Waals surface area contributed by atoms with E-state index in [2.05, 4.69) is 15.9 Å². The fraction of sp³-hybridized carbons (Fsp3) is 0.143. The zero-order valence-corrected chi connectivity index (χ0v) is 8.54. The highest BCUT2D eigenvalue weighted by molar-refractivity contribution is 9.08. The molecule has 0 unspecified atom stereocenters. The minimum atomic E-state index is -0.0574. The van der Waals surface area contributed by atoms with Crippen molar-refractivity contribution in [2.45, 2.75) is 5.33 Å². The molecule has 1 aromatic carbocycles. The summed E-state index contributed by atoms with van der Waals surface area (Å²) in [6.07, 6.45) is 0. The molecule has 1 N–H and O–H groups in total. The van der Waals surface area contributed by atoms with Crippen LogP contribution in [0.15, 0.2) is 12.1 Å². The summed E-state index contributed by atoms with van der Waals surface area (Å²) in [5.41, 5.74) is 0.942. The van der Waals surface area contributed by atoms with Crippen LogP contribution in [0.5, 0.6) is 5.75 Å². The van der Waals surface area contributed by atoms with Gasteiger partial charge < -0.3 is 5.11 Å². The SMILES string of the molecule is Oc1c(Cl)cc(CBr)cc1Cl. The number of alkyl halides is 1. The summed E-state index contributed by atoms with van der Waals surface area (Å²) in [6.45, 7) is 0. The Bertz CT molecular complexity index is 252. The number of phenols is 1. The van der Waals surface area contributed by atoms with Crippen LogP contribution < -0.4 is 0 Å². The van der Waals surface area contributed by atoms with Crippen molar-refractivity contribution >= 4 is 39.1 Å². The molecule has 0 bridgehead atoms. The Hall–Kier alpha value is 0.0800. The predicted molar refractivity (Wildman–Crippen MR) is 50.8 cm³/mol. The van der Waals surface area contributed by atoms with Gasteiger partial charge in [0.2, 0.25) is 0 Å². The molecule has 0 radical (unpaired) electrons. The number of halogens is 3. The van der Waals surface area contributed by atoms with Gasteiger partial charge in [-0.05, 0) is 17.7 Å². The van der Waals surface area contributed by atoms with Crippen LogP contribution in [-0.4, -0.2) is 5.11 Å². The third-order valence-corrected chi connectivity index (χ3v) is 2.45. The first-order valence-corrected chi connectivity index (χ1v) is 4.75. The second kappa shape index (κ2) is 3.65. The third kappa shape index (κ3) is 2.01. The molecule has 0 saturated heterocycles. The Kier molecular flexibility index (Phi) is 3.05. The Morgan fingerprint density at radius 2 is 1.73 bits per heavy atom. The van der Waals surface area contributed by atoms with E-state index in [0.29, 0.717) is 5.33 Å². The van der Waals surface area contributed by atoms with Gasteiger partial charge in [-0.1, -0.05) is 39.1 Å². The van der Waals surface area contributed by atoms with Gasteiger partial charge in [0, 0.05) is 5.33 Å². The summed E-state index contributed by atoms with van der Waals surface area (Å²) in [4.78, 5) is 0. The van der Waals surface area contributed by atoms with Gasteiger partial charge in [-0.3, -0.25) is 0 Å². The quantitative estimate of drug-likeness (QED) is 0.761. The third-order valence-electron chi connectivity index (χ3n) is 1.23. The molecule has 0 heterocycles. The van der Waals surface area contributed by atoms with Crippen LogP contribution in [0.1, 0.15) is 5.56 Å². The van der Waals surface area contributed by atoms with E-state index < -0.39 is 0 Å². The van der Waals surface area contributed by atoms with Crippen molar-refractivity contribution < 1.29 is 5.11 Å². The van der Waals surface area contributed by atoms with Crippen molar-refractivity contribution in [3.63, 3.8) is 0 Å². The second-order valence-electron chi connectivity index (χ2n) is 2.04. The maximum absolute atomic E-state index is 9.15. The number of hydrogen-bond donors (Lipinski definition) is 1. The lowest BCUT2D eigenvalue weighted by Gasteiger charge is -2.01. The van der Waals surface area contributed by atoms with Crippen LogP contribution in [0.4, 0.5) is 0 Å². The first kappa shape index (κ1) is 9.17. The van der Waals surface area contributed by atoms with Crippen molar-refractivity contribution in [1.29, 1.82) is 0 Å². The normalized spacial score (nSPS) is 10.1. The van der Waals surface area contributed by atoms with E-state index in [4.69, 9.17) is 28.3 Å². The maximum Gasteiger partial charge on any atom is 0.152 e. The van der Waals surface area contributed by atoms with E-state index in [0.717, 1.165) is 5.56 Å². The Morgan fingerprint density at radius 3 is 2.09 bits per heavy atom. The highest BCUT2D eigenvalue weighted by Crippen LogP contribution is 2.33. The molecule has 0 spiro atoms. The molecule has 0 aromatic heterocycles. The van der Waals surface area contributed by atoms with E-state index in [-0.39, 0.29) is 15.8 Å². The van der Waals surface area contributed by atoms with Gasteiger partial charge in [0.15, 0.2) is 5.75 Å². The summed E-state index contributed by atoms with van der Waals surface area (Å²) >= 11 is 14.5. The molecule has 0 aliphatic carbocycles. The van der Waals surface area contributed by atoms with Gasteiger partial charge >= 0.3 is 0 Å². The summed E-state index contributed by atoms with van der Waals surface area (Å²) < 4.78 is 0. The molecule has 1 aromatic rings. The number of phenolic OH excluding ortho intramolecular Hbond substituents is 1. The Morgan fingerprint density at radius 1 is 1.27 bits per heavy atom. The van der Waals surface area contributed by atoms with Gasteiger partial charge in [-0.15, -0.1) is 0 Å². The molecule has 0 aliphatic heterocycles. The molecule has 1 rings (SSSR count). The van der Waals surface area contributed by atoms with E-state index >= 15 is 0 Å². The highest BCUT2D eigenvalue weighted by Gasteiger charge is 2.04. The lowest BCUT2D eigenvalue weighted by molar-refractivity contribution is 0.475.